The Hall–Kier alpha value is -2.95. The molecule has 0 saturated carbocycles. The number of Topliss-reactive ketones (excluding diaryl/α,β-unsaturated/α-hetero) is 2. The van der Waals surface area contributed by atoms with Gasteiger partial charge in [0.2, 0.25) is 0 Å². The second kappa shape index (κ2) is 7.55. The fraction of sp³-hybridized carbons (Fsp3) is 0.211. The molecule has 124 valence electrons. The molecule has 0 unspecified atom stereocenters. The van der Waals surface area contributed by atoms with Crippen molar-refractivity contribution in [2.45, 2.75) is 20.8 Å². The van der Waals surface area contributed by atoms with Crippen molar-refractivity contribution in [3.8, 4) is 5.75 Å². The van der Waals surface area contributed by atoms with E-state index in [9.17, 15) is 14.4 Å². The molecule has 5 nitrogen and oxygen atoms in total. The van der Waals surface area contributed by atoms with Crippen molar-refractivity contribution < 1.29 is 19.1 Å². The fourth-order valence-corrected chi connectivity index (χ4v) is 2.16. The van der Waals surface area contributed by atoms with E-state index in [4.69, 9.17) is 4.74 Å². The van der Waals surface area contributed by atoms with E-state index in [1.165, 1.54) is 13.8 Å². The molecule has 0 spiro atoms. The average Bonchev–Trinajstić information content (AvgIpc) is 2.54. The monoisotopic (exact) mass is 325 g/mol. The van der Waals surface area contributed by atoms with Gasteiger partial charge in [0.05, 0.1) is 0 Å². The van der Waals surface area contributed by atoms with Gasteiger partial charge < -0.3 is 10.1 Å². The van der Waals surface area contributed by atoms with Crippen LogP contribution in [-0.4, -0.2) is 24.1 Å². The van der Waals surface area contributed by atoms with Crippen LogP contribution in [0.5, 0.6) is 5.75 Å². The molecule has 0 aromatic heterocycles. The first-order chi connectivity index (χ1) is 11.4. The molecule has 2 rings (SSSR count). The number of ether oxygens (including phenoxy) is 1. The van der Waals surface area contributed by atoms with Crippen LogP contribution < -0.4 is 10.1 Å². The third kappa shape index (κ3) is 4.52. The molecule has 0 radical (unpaired) electrons. The SMILES string of the molecule is CC(=O)c1ccc(NC(=O)COc2ccc(C(C)=O)cc2C)cc1. The van der Waals surface area contributed by atoms with Gasteiger partial charge in [-0.1, -0.05) is 0 Å². The van der Waals surface area contributed by atoms with Crippen LogP contribution in [0.15, 0.2) is 42.5 Å². The largest absolute Gasteiger partial charge is 0.483 e. The number of rotatable bonds is 6. The third-order valence-corrected chi connectivity index (χ3v) is 3.52. The summed E-state index contributed by atoms with van der Waals surface area (Å²) in [5.41, 5.74) is 2.58. The van der Waals surface area contributed by atoms with Crippen LogP contribution in [0.4, 0.5) is 5.69 Å². The molecule has 0 bridgehead atoms. The second-order valence-corrected chi connectivity index (χ2v) is 5.51. The molecule has 0 aliphatic heterocycles. The molecule has 24 heavy (non-hydrogen) atoms. The van der Waals surface area contributed by atoms with Crippen LogP contribution >= 0.6 is 0 Å². The highest BCUT2D eigenvalue weighted by molar-refractivity contribution is 5.96. The van der Waals surface area contributed by atoms with Gasteiger partial charge in [-0.3, -0.25) is 14.4 Å². The van der Waals surface area contributed by atoms with Crippen molar-refractivity contribution >= 4 is 23.2 Å². The zero-order chi connectivity index (χ0) is 17.7. The maximum Gasteiger partial charge on any atom is 0.262 e. The van der Waals surface area contributed by atoms with Gasteiger partial charge in [-0.2, -0.15) is 0 Å². The summed E-state index contributed by atoms with van der Waals surface area (Å²) in [5.74, 6) is 0.208. The van der Waals surface area contributed by atoms with E-state index in [2.05, 4.69) is 5.32 Å². The zero-order valence-corrected chi connectivity index (χ0v) is 13.9. The molecule has 2 aromatic carbocycles. The summed E-state index contributed by atoms with van der Waals surface area (Å²) in [7, 11) is 0. The maximum atomic E-state index is 11.9. The number of carbonyl (C=O) groups excluding carboxylic acids is 3. The summed E-state index contributed by atoms with van der Waals surface area (Å²) in [5, 5.41) is 2.70. The minimum absolute atomic E-state index is 0.0172. The Morgan fingerprint density at radius 3 is 2.04 bits per heavy atom. The Morgan fingerprint density at radius 1 is 0.917 bits per heavy atom. The molecular weight excluding hydrogens is 306 g/mol. The minimum Gasteiger partial charge on any atom is -0.483 e. The molecule has 0 heterocycles. The lowest BCUT2D eigenvalue weighted by Crippen LogP contribution is -2.20. The van der Waals surface area contributed by atoms with Crippen molar-refractivity contribution in [3.05, 3.63) is 59.2 Å². The zero-order valence-electron chi connectivity index (χ0n) is 13.9. The number of amides is 1. The highest BCUT2D eigenvalue weighted by Gasteiger charge is 2.08. The van der Waals surface area contributed by atoms with Crippen molar-refractivity contribution in [1.82, 2.24) is 0 Å². The van der Waals surface area contributed by atoms with E-state index >= 15 is 0 Å². The van der Waals surface area contributed by atoms with E-state index < -0.39 is 0 Å². The Balaban J connectivity index is 1.93. The summed E-state index contributed by atoms with van der Waals surface area (Å²) in [4.78, 5) is 34.5. The van der Waals surface area contributed by atoms with Crippen LogP contribution in [0.3, 0.4) is 0 Å². The summed E-state index contributed by atoms with van der Waals surface area (Å²) < 4.78 is 5.49. The van der Waals surface area contributed by atoms with Gasteiger partial charge in [0.25, 0.3) is 5.91 Å². The molecule has 5 heteroatoms. The number of anilines is 1. The van der Waals surface area contributed by atoms with Gasteiger partial charge in [0.15, 0.2) is 18.2 Å². The smallest absolute Gasteiger partial charge is 0.262 e. The van der Waals surface area contributed by atoms with Crippen molar-refractivity contribution in [3.63, 3.8) is 0 Å². The van der Waals surface area contributed by atoms with E-state index in [1.807, 2.05) is 6.92 Å². The number of benzene rings is 2. The van der Waals surface area contributed by atoms with Gasteiger partial charge in [0, 0.05) is 16.8 Å². The number of carbonyl (C=O) groups is 3. The van der Waals surface area contributed by atoms with Crippen LogP contribution in [0, 0.1) is 6.92 Å². The van der Waals surface area contributed by atoms with Crippen LogP contribution in [0.1, 0.15) is 40.1 Å². The number of hydrogen-bond donors (Lipinski definition) is 1. The van der Waals surface area contributed by atoms with Gasteiger partial charge in [-0.25, -0.2) is 0 Å². The minimum atomic E-state index is -0.305. The number of hydrogen-bond acceptors (Lipinski definition) is 4. The van der Waals surface area contributed by atoms with Gasteiger partial charge in [-0.05, 0) is 68.8 Å². The lowest BCUT2D eigenvalue weighted by Gasteiger charge is -2.10. The first-order valence-corrected chi connectivity index (χ1v) is 7.52. The Bertz CT molecular complexity index is 778. The van der Waals surface area contributed by atoms with Crippen molar-refractivity contribution in [1.29, 1.82) is 0 Å². The Morgan fingerprint density at radius 2 is 1.50 bits per heavy atom. The molecule has 1 N–H and O–H groups in total. The molecular formula is C19H19NO4. The standard InChI is InChI=1S/C19H19NO4/c1-12-10-16(14(3)22)6-9-18(12)24-11-19(23)20-17-7-4-15(5-8-17)13(2)21/h4-10H,11H2,1-3H3,(H,20,23). The Kier molecular flexibility index (Phi) is 5.47. The van der Waals surface area contributed by atoms with E-state index in [0.29, 0.717) is 22.6 Å². The number of ketones is 2. The first-order valence-electron chi connectivity index (χ1n) is 7.52. The van der Waals surface area contributed by atoms with Gasteiger partial charge in [-0.15, -0.1) is 0 Å². The lowest BCUT2D eigenvalue weighted by molar-refractivity contribution is -0.118. The summed E-state index contributed by atoms with van der Waals surface area (Å²) in [6, 6.07) is 11.7. The molecule has 0 atom stereocenters. The topological polar surface area (TPSA) is 72.5 Å². The second-order valence-electron chi connectivity index (χ2n) is 5.51. The fourth-order valence-electron chi connectivity index (χ4n) is 2.16. The average molecular weight is 325 g/mol. The Labute approximate surface area is 140 Å². The quantitative estimate of drug-likeness (QED) is 0.826. The lowest BCUT2D eigenvalue weighted by atomic mass is 10.1. The van der Waals surface area contributed by atoms with Gasteiger partial charge in [0.1, 0.15) is 5.75 Å². The third-order valence-electron chi connectivity index (χ3n) is 3.52. The van der Waals surface area contributed by atoms with Crippen LogP contribution in [0.25, 0.3) is 0 Å². The maximum absolute atomic E-state index is 11.9. The number of nitrogens with one attached hydrogen (secondary N) is 1. The number of aryl methyl sites for hydroxylation is 1. The van der Waals surface area contributed by atoms with E-state index in [1.54, 1.807) is 42.5 Å². The highest BCUT2D eigenvalue weighted by atomic mass is 16.5. The first kappa shape index (κ1) is 17.4. The van der Waals surface area contributed by atoms with Gasteiger partial charge >= 0.3 is 0 Å². The normalized spacial score (nSPS) is 10.1. The van der Waals surface area contributed by atoms with E-state index in [-0.39, 0.29) is 24.1 Å². The molecule has 0 aliphatic rings. The molecule has 0 saturated heterocycles. The van der Waals surface area contributed by atoms with Crippen molar-refractivity contribution in [2.75, 3.05) is 11.9 Å². The molecule has 0 aliphatic carbocycles. The predicted molar refractivity (Wildman–Crippen MR) is 91.8 cm³/mol. The van der Waals surface area contributed by atoms with Crippen LogP contribution in [-0.2, 0) is 4.79 Å². The summed E-state index contributed by atoms with van der Waals surface area (Å²) in [6.07, 6.45) is 0. The summed E-state index contributed by atoms with van der Waals surface area (Å²) in [6.45, 7) is 4.66. The molecule has 1 amide bonds. The van der Waals surface area contributed by atoms with E-state index in [0.717, 1.165) is 5.56 Å². The van der Waals surface area contributed by atoms with Crippen LogP contribution in [0.2, 0.25) is 0 Å². The predicted octanol–water partition coefficient (Wildman–Crippen LogP) is 3.42. The van der Waals surface area contributed by atoms with Crippen molar-refractivity contribution in [2.24, 2.45) is 0 Å². The molecule has 0 fully saturated rings. The molecule has 2 aromatic rings. The summed E-state index contributed by atoms with van der Waals surface area (Å²) >= 11 is 0. The highest BCUT2D eigenvalue weighted by Crippen LogP contribution is 2.19.